The number of non-ortho nitro benzene ring substituents is 1. The fourth-order valence-electron chi connectivity index (χ4n) is 4.49. The molecule has 83 heavy (non-hydrogen) atoms. The minimum Gasteiger partial charge on any atom is -0.480 e. The Morgan fingerprint density at radius 2 is 0.988 bits per heavy atom. The van der Waals surface area contributed by atoms with Crippen molar-refractivity contribution in [2.24, 2.45) is 11.5 Å². The Labute approximate surface area is 498 Å². The van der Waals surface area contributed by atoms with Gasteiger partial charge in [-0.05, 0) is 31.2 Å². The molecule has 0 aliphatic rings. The number of carbonyl (C=O) groups is 5. The van der Waals surface area contributed by atoms with Crippen LogP contribution in [0.5, 0.6) is 5.75 Å². The molecule has 3 unspecified atom stereocenters. The molecule has 2 aromatic carbocycles. The van der Waals surface area contributed by atoms with Gasteiger partial charge < -0.3 is 93.7 Å². The first-order chi connectivity index (χ1) is 39.7. The summed E-state index contributed by atoms with van der Waals surface area (Å²) in [4.78, 5) is 64.0. The maximum Gasteiger partial charge on any atom is 0.513 e. The number of rotatable bonds is 43. The number of amides is 1. The number of thiol groups is 1. The molecule has 30 nitrogen and oxygen atoms in total. The van der Waals surface area contributed by atoms with E-state index in [-0.39, 0.29) is 67.5 Å². The van der Waals surface area contributed by atoms with Crippen molar-refractivity contribution in [1.82, 2.24) is 5.32 Å². The number of aliphatic carboxylic acids is 3. The second-order valence-electron chi connectivity index (χ2n) is 15.5. The molecule has 3 atom stereocenters. The second-order valence-corrected chi connectivity index (χ2v) is 19.7. The molecule has 0 aliphatic carbocycles. The predicted octanol–water partition coefficient (Wildman–Crippen LogP) is 2.48. The lowest BCUT2D eigenvalue weighted by atomic mass is 10.2. The first-order valence-electron chi connectivity index (χ1n) is 24.9. The Hall–Kier alpha value is -4.73. The van der Waals surface area contributed by atoms with Gasteiger partial charge in [0.05, 0.1) is 116 Å². The lowest BCUT2D eigenvalue weighted by Crippen LogP contribution is -2.43. The van der Waals surface area contributed by atoms with Gasteiger partial charge in [0, 0.05) is 76.4 Å². The number of carbonyl (C=O) groups excluding carboxylic acids is 2. The molecular formula is C49H84N4O26S4. The highest BCUT2D eigenvalue weighted by Crippen LogP contribution is 2.18. The molecule has 34 heteroatoms. The lowest BCUT2D eigenvalue weighted by Gasteiger charge is -2.14. The standard InChI is InChI=1S/C14H27NO8S.C12H15NO7.C12H18O5S.C8H17NO4S.C3H7NO2S/c1-19-3-5-21-7-8-23-14(18)15-12(13(16)17)11-24-10-9-22-6-4-20-2;1-17-6-7-18-8-9-19-12(14)20-11-4-2-10(3-5-11)13(15)16;1-11-3-5-12(6-4-11)18(13,14)17-10-9-16-8-7-15-2;1-12-2-3-13-4-5-14-6-7(9)8(10)11;4-2(1-7)3(5)6/h12H,3-11H2,1-2H3,(H,15,18)(H,16,17);2-5H,6-9H2,1H3;3-6H,7-10H2,1-2H3;7H,2-6,9H2,1H3,(H,10,11);2,7H,1,4H2,(H,5,6). The van der Waals surface area contributed by atoms with E-state index in [2.05, 4.69) is 17.9 Å². The zero-order valence-corrected chi connectivity index (χ0v) is 51.0. The summed E-state index contributed by atoms with van der Waals surface area (Å²) in [5.41, 5.74) is 11.1. The van der Waals surface area contributed by atoms with Gasteiger partial charge >= 0.3 is 30.2 Å². The first-order valence-corrected chi connectivity index (χ1v) is 29.3. The van der Waals surface area contributed by atoms with E-state index in [0.29, 0.717) is 90.8 Å². The van der Waals surface area contributed by atoms with E-state index in [4.69, 9.17) is 92.5 Å². The minimum atomic E-state index is -3.68. The van der Waals surface area contributed by atoms with Crippen LogP contribution < -0.4 is 21.5 Å². The summed E-state index contributed by atoms with van der Waals surface area (Å²) < 4.78 is 92.4. The van der Waals surface area contributed by atoms with E-state index in [9.17, 15) is 42.5 Å². The largest absolute Gasteiger partial charge is 0.513 e. The average molecular weight is 1270 g/mol. The van der Waals surface area contributed by atoms with Crippen LogP contribution in [0.1, 0.15) is 5.56 Å². The first kappa shape index (κ1) is 82.5. The van der Waals surface area contributed by atoms with Gasteiger partial charge in [-0.3, -0.25) is 23.9 Å². The molecule has 0 saturated carbocycles. The molecule has 2 aromatic rings. The Kier molecular flexibility index (Phi) is 57.3. The van der Waals surface area contributed by atoms with Crippen LogP contribution in [0.2, 0.25) is 0 Å². The van der Waals surface area contributed by atoms with E-state index < -0.39 is 63.3 Å². The highest BCUT2D eigenvalue weighted by Gasteiger charge is 2.21. The third kappa shape index (κ3) is 53.7. The van der Waals surface area contributed by atoms with Gasteiger partial charge in [-0.2, -0.15) is 44.6 Å². The summed E-state index contributed by atoms with van der Waals surface area (Å²) in [5.74, 6) is -0.701. The van der Waals surface area contributed by atoms with E-state index in [1.807, 2.05) is 6.92 Å². The molecule has 0 heterocycles. The number of benzene rings is 2. The minimum absolute atomic E-state index is 0.0000753. The van der Waals surface area contributed by atoms with E-state index in [0.717, 1.165) is 11.3 Å². The molecule has 2 rings (SSSR count). The molecule has 0 aromatic heterocycles. The van der Waals surface area contributed by atoms with Crippen LogP contribution in [0.25, 0.3) is 0 Å². The normalized spacial score (nSPS) is 11.7. The second kappa shape index (κ2) is 57.7. The Bertz CT molecular complexity index is 2060. The number of methoxy groups -OCH3 is 5. The Morgan fingerprint density at radius 1 is 0.578 bits per heavy atom. The number of nitrogens with one attached hydrogen (secondary N) is 1. The van der Waals surface area contributed by atoms with Crippen LogP contribution in [0.15, 0.2) is 53.4 Å². The Morgan fingerprint density at radius 3 is 1.39 bits per heavy atom. The molecule has 0 bridgehead atoms. The number of nitro benzene ring substituents is 1. The predicted molar refractivity (Wildman–Crippen MR) is 308 cm³/mol. The fourth-order valence-corrected chi connectivity index (χ4v) is 7.20. The average Bonchev–Trinajstić information content (AvgIpc) is 3.51. The van der Waals surface area contributed by atoms with E-state index >= 15 is 0 Å². The van der Waals surface area contributed by atoms with Crippen LogP contribution >= 0.6 is 36.2 Å². The number of alkyl carbamates (subject to hydrolysis) is 1. The van der Waals surface area contributed by atoms with E-state index in [1.54, 1.807) is 47.7 Å². The smallest absolute Gasteiger partial charge is 0.480 e. The van der Waals surface area contributed by atoms with Crippen molar-refractivity contribution in [2.45, 2.75) is 29.9 Å². The van der Waals surface area contributed by atoms with Gasteiger partial charge in [-0.25, -0.2) is 14.4 Å². The molecule has 0 radical (unpaired) electrons. The number of hydrogen-bond donors (Lipinski definition) is 7. The van der Waals surface area contributed by atoms with Crippen molar-refractivity contribution in [2.75, 3.05) is 183 Å². The van der Waals surface area contributed by atoms with Crippen molar-refractivity contribution < 1.29 is 118 Å². The Balaban J connectivity index is -0.00000100. The molecule has 0 saturated heterocycles. The number of carboxylic acids is 3. The number of thioether (sulfide) groups is 2. The highest BCUT2D eigenvalue weighted by molar-refractivity contribution is 7.99. The number of ether oxygens (including phenoxy) is 13. The van der Waals surface area contributed by atoms with Crippen LogP contribution in [0.3, 0.4) is 0 Å². The third-order valence-corrected chi connectivity index (χ3v) is 12.6. The van der Waals surface area contributed by atoms with Crippen molar-refractivity contribution in [1.29, 1.82) is 0 Å². The summed E-state index contributed by atoms with van der Waals surface area (Å²) in [6.45, 7) is 8.56. The van der Waals surface area contributed by atoms with Crippen LogP contribution in [-0.4, -0.2) is 260 Å². The molecule has 0 spiro atoms. The van der Waals surface area contributed by atoms with Gasteiger partial charge in [0.1, 0.15) is 37.1 Å². The molecule has 8 N–H and O–H groups in total. The molecule has 0 fully saturated rings. The quantitative estimate of drug-likeness (QED) is 0.00953. The molecular weight excluding hydrogens is 1190 g/mol. The monoisotopic (exact) mass is 1270 g/mol. The number of nitrogens with zero attached hydrogens (tertiary/aromatic N) is 1. The topological polar surface area (TPSA) is 417 Å². The molecule has 480 valence electrons. The maximum atomic E-state index is 11.7. The lowest BCUT2D eigenvalue weighted by molar-refractivity contribution is -0.384. The zero-order chi connectivity index (χ0) is 62.9. The summed E-state index contributed by atoms with van der Waals surface area (Å²) in [7, 11) is 4.21. The van der Waals surface area contributed by atoms with Crippen molar-refractivity contribution in [3.8, 4) is 5.75 Å². The van der Waals surface area contributed by atoms with Crippen LogP contribution in [0, 0.1) is 17.0 Å². The SMILES string of the molecule is COCCOCCOC(=O)NC(CSCCOCCOC)C(=O)O.COCCOCCOC(=O)Oc1ccc([N+](=O)[O-])cc1.COCCOCCOS(=O)(=O)c1ccc(C)cc1.COCCOCCSCC(N)C(=O)O.NC(CS)C(=O)O. The summed E-state index contributed by atoms with van der Waals surface area (Å²) in [6.07, 6.45) is -1.68. The van der Waals surface area contributed by atoms with E-state index in [1.165, 1.54) is 59.9 Å². The maximum absolute atomic E-state index is 11.7. The fraction of sp³-hybridized carbons (Fsp3) is 0.653. The zero-order valence-electron chi connectivity index (χ0n) is 47.6. The number of nitro groups is 1. The van der Waals surface area contributed by atoms with Gasteiger partial charge in [0.25, 0.3) is 15.8 Å². The number of aryl methyl sites for hydroxylation is 1. The van der Waals surface area contributed by atoms with Gasteiger partial charge in [0.2, 0.25) is 0 Å². The third-order valence-electron chi connectivity index (χ3n) is 8.84. The van der Waals surface area contributed by atoms with Crippen molar-refractivity contribution in [3.63, 3.8) is 0 Å². The van der Waals surface area contributed by atoms with Gasteiger partial charge in [-0.15, -0.1) is 0 Å². The van der Waals surface area contributed by atoms with Crippen molar-refractivity contribution in [3.05, 3.63) is 64.2 Å². The number of carboxylic acid groups (broad SMARTS) is 3. The van der Waals surface area contributed by atoms with Crippen molar-refractivity contribution >= 4 is 82.1 Å². The summed E-state index contributed by atoms with van der Waals surface area (Å²) in [5, 5.41) is 38.3. The number of nitrogens with two attached hydrogens (primary N) is 2. The highest BCUT2D eigenvalue weighted by atomic mass is 32.2. The van der Waals surface area contributed by atoms with Crippen LogP contribution in [0.4, 0.5) is 15.3 Å². The molecule has 1 amide bonds. The van der Waals surface area contributed by atoms with Crippen LogP contribution in [-0.2, 0) is 85.5 Å². The summed E-state index contributed by atoms with van der Waals surface area (Å²) >= 11 is 6.50. The molecule has 0 aliphatic heterocycles. The van der Waals surface area contributed by atoms with Gasteiger partial charge in [0.15, 0.2) is 0 Å². The van der Waals surface area contributed by atoms with Gasteiger partial charge in [-0.1, -0.05) is 17.7 Å². The number of hydrogen-bond acceptors (Lipinski definition) is 28. The summed E-state index contributed by atoms with van der Waals surface area (Å²) in [6, 6.07) is 8.98.